The van der Waals surface area contributed by atoms with Crippen LogP contribution >= 0.6 is 15.9 Å². The minimum Gasteiger partial charge on any atom is -0.481 e. The predicted molar refractivity (Wildman–Crippen MR) is 75.5 cm³/mol. The molecule has 2 nitrogen and oxygen atoms in total. The number of nitrogens with one attached hydrogen (secondary N) is 1. The molecule has 0 atom stereocenters. The molecule has 1 aromatic rings. The van der Waals surface area contributed by atoms with Gasteiger partial charge in [-0.15, -0.1) is 6.42 Å². The molecule has 0 aliphatic heterocycles. The first-order valence-electron chi connectivity index (χ1n) is 6.04. The molecule has 6 heteroatoms. The zero-order chi connectivity index (χ0) is 15.0. The third kappa shape index (κ3) is 6.83. The summed E-state index contributed by atoms with van der Waals surface area (Å²) < 4.78 is 42.2. The van der Waals surface area contributed by atoms with Gasteiger partial charge < -0.3 is 10.1 Å². The first-order chi connectivity index (χ1) is 9.42. The molecule has 0 radical (unpaired) electrons. The molecule has 0 saturated heterocycles. The van der Waals surface area contributed by atoms with E-state index in [1.54, 1.807) is 6.07 Å². The second-order valence-electron chi connectivity index (χ2n) is 4.14. The average molecular weight is 350 g/mol. The Bertz CT molecular complexity index is 468. The SMILES string of the molecule is C#CCOc1ccc(Br)cc1CNCCCC(F)(F)F. The first kappa shape index (κ1) is 16.9. The minimum atomic E-state index is -4.10. The highest BCUT2D eigenvalue weighted by Crippen LogP contribution is 2.23. The summed E-state index contributed by atoms with van der Waals surface area (Å²) in [6.45, 7) is 0.876. The molecule has 0 aromatic heterocycles. The average Bonchev–Trinajstić information content (AvgIpc) is 2.36. The Morgan fingerprint density at radius 1 is 1.35 bits per heavy atom. The van der Waals surface area contributed by atoms with E-state index < -0.39 is 12.6 Å². The van der Waals surface area contributed by atoms with Gasteiger partial charge in [0.25, 0.3) is 0 Å². The monoisotopic (exact) mass is 349 g/mol. The van der Waals surface area contributed by atoms with Crippen LogP contribution in [0.25, 0.3) is 0 Å². The molecule has 0 aliphatic rings. The lowest BCUT2D eigenvalue weighted by molar-refractivity contribution is -0.135. The molecule has 0 spiro atoms. The van der Waals surface area contributed by atoms with Crippen molar-refractivity contribution in [1.82, 2.24) is 5.32 Å². The molecular formula is C14H15BrF3NO. The Hall–Kier alpha value is -1.19. The first-order valence-corrected chi connectivity index (χ1v) is 6.84. The summed E-state index contributed by atoms with van der Waals surface area (Å²) in [4.78, 5) is 0. The van der Waals surface area contributed by atoms with Gasteiger partial charge in [0.15, 0.2) is 0 Å². The molecule has 1 N–H and O–H groups in total. The lowest BCUT2D eigenvalue weighted by Gasteiger charge is -2.12. The zero-order valence-corrected chi connectivity index (χ0v) is 12.4. The maximum Gasteiger partial charge on any atom is 0.389 e. The summed E-state index contributed by atoms with van der Waals surface area (Å²) in [6.07, 6.45) is 0.306. The van der Waals surface area contributed by atoms with Crippen molar-refractivity contribution in [2.75, 3.05) is 13.2 Å². The fraction of sp³-hybridized carbons (Fsp3) is 0.429. The van der Waals surface area contributed by atoms with Gasteiger partial charge in [-0.1, -0.05) is 21.9 Å². The number of terminal acetylenes is 1. The standard InChI is InChI=1S/C14H15BrF3NO/c1-2-8-20-13-5-4-12(15)9-11(13)10-19-7-3-6-14(16,17)18/h1,4-5,9,19H,3,6-8,10H2. The van der Waals surface area contributed by atoms with Crippen molar-refractivity contribution in [3.63, 3.8) is 0 Å². The normalized spacial score (nSPS) is 11.2. The van der Waals surface area contributed by atoms with E-state index in [0.29, 0.717) is 18.8 Å². The highest BCUT2D eigenvalue weighted by Gasteiger charge is 2.25. The smallest absolute Gasteiger partial charge is 0.389 e. The largest absolute Gasteiger partial charge is 0.481 e. The Balaban J connectivity index is 2.46. The summed E-state index contributed by atoms with van der Waals surface area (Å²) in [5.41, 5.74) is 0.849. The van der Waals surface area contributed by atoms with Crippen LogP contribution in [0.2, 0.25) is 0 Å². The van der Waals surface area contributed by atoms with Crippen LogP contribution in [0.4, 0.5) is 13.2 Å². The van der Waals surface area contributed by atoms with Crippen LogP contribution in [0.15, 0.2) is 22.7 Å². The number of benzene rings is 1. The van der Waals surface area contributed by atoms with Gasteiger partial charge in [-0.3, -0.25) is 0 Å². The van der Waals surface area contributed by atoms with Crippen molar-refractivity contribution < 1.29 is 17.9 Å². The third-order valence-corrected chi connectivity index (χ3v) is 2.96. The van der Waals surface area contributed by atoms with Crippen LogP contribution < -0.4 is 10.1 Å². The lowest BCUT2D eigenvalue weighted by Crippen LogP contribution is -2.18. The van der Waals surface area contributed by atoms with Crippen LogP contribution in [0, 0.1) is 12.3 Å². The molecule has 0 aliphatic carbocycles. The van der Waals surface area contributed by atoms with E-state index >= 15 is 0 Å². The van der Waals surface area contributed by atoms with Crippen LogP contribution in [-0.2, 0) is 6.54 Å². The van der Waals surface area contributed by atoms with E-state index in [4.69, 9.17) is 11.2 Å². The highest BCUT2D eigenvalue weighted by molar-refractivity contribution is 9.10. The predicted octanol–water partition coefficient (Wildman–Crippen LogP) is 3.89. The number of rotatable bonds is 7. The van der Waals surface area contributed by atoms with Gasteiger partial charge in [-0.2, -0.15) is 13.2 Å². The Kier molecular flexibility index (Phi) is 6.89. The van der Waals surface area contributed by atoms with Gasteiger partial charge in [0, 0.05) is 23.0 Å². The van der Waals surface area contributed by atoms with E-state index in [2.05, 4.69) is 27.2 Å². The van der Waals surface area contributed by atoms with Crippen LogP contribution in [0.1, 0.15) is 18.4 Å². The zero-order valence-electron chi connectivity index (χ0n) is 10.8. The topological polar surface area (TPSA) is 21.3 Å². The second kappa shape index (κ2) is 8.18. The van der Waals surface area contributed by atoms with Crippen molar-refractivity contribution in [2.45, 2.75) is 25.6 Å². The number of hydrogen-bond acceptors (Lipinski definition) is 2. The van der Waals surface area contributed by atoms with Gasteiger partial charge in [0.2, 0.25) is 0 Å². The molecule has 0 saturated carbocycles. The van der Waals surface area contributed by atoms with Crippen molar-refractivity contribution in [3.8, 4) is 18.1 Å². The van der Waals surface area contributed by atoms with E-state index in [-0.39, 0.29) is 13.0 Å². The number of alkyl halides is 3. The fourth-order valence-corrected chi connectivity index (χ4v) is 1.99. The molecule has 20 heavy (non-hydrogen) atoms. The summed E-state index contributed by atoms with van der Waals surface area (Å²) in [5.74, 6) is 3.01. The Morgan fingerprint density at radius 2 is 2.10 bits per heavy atom. The molecule has 0 bridgehead atoms. The van der Waals surface area contributed by atoms with Gasteiger partial charge in [-0.25, -0.2) is 0 Å². The van der Waals surface area contributed by atoms with Crippen LogP contribution in [0.5, 0.6) is 5.75 Å². The Labute approximate surface area is 124 Å². The van der Waals surface area contributed by atoms with Gasteiger partial charge >= 0.3 is 6.18 Å². The minimum absolute atomic E-state index is 0.0536. The number of halogens is 4. The lowest BCUT2D eigenvalue weighted by atomic mass is 10.2. The number of ether oxygens (including phenoxy) is 1. The molecular weight excluding hydrogens is 335 g/mol. The van der Waals surface area contributed by atoms with Gasteiger partial charge in [0.05, 0.1) is 0 Å². The fourth-order valence-electron chi connectivity index (χ4n) is 1.58. The van der Waals surface area contributed by atoms with Gasteiger partial charge in [-0.05, 0) is 31.2 Å². The Morgan fingerprint density at radius 3 is 2.75 bits per heavy atom. The van der Waals surface area contributed by atoms with Crippen LogP contribution in [-0.4, -0.2) is 19.3 Å². The van der Waals surface area contributed by atoms with Crippen molar-refractivity contribution in [2.24, 2.45) is 0 Å². The molecule has 1 aromatic carbocycles. The van der Waals surface area contributed by atoms with E-state index in [1.807, 2.05) is 12.1 Å². The third-order valence-electron chi connectivity index (χ3n) is 2.46. The van der Waals surface area contributed by atoms with Gasteiger partial charge in [0.1, 0.15) is 12.4 Å². The molecule has 1 rings (SSSR count). The molecule has 110 valence electrons. The highest BCUT2D eigenvalue weighted by atomic mass is 79.9. The quantitative estimate of drug-likeness (QED) is 0.595. The molecule has 0 amide bonds. The summed E-state index contributed by atoms with van der Waals surface area (Å²) in [7, 11) is 0. The van der Waals surface area contributed by atoms with E-state index in [0.717, 1.165) is 10.0 Å². The number of hydrogen-bond donors (Lipinski definition) is 1. The molecule has 0 fully saturated rings. The summed E-state index contributed by atoms with van der Waals surface area (Å²) >= 11 is 3.34. The molecule has 0 heterocycles. The summed E-state index contributed by atoms with van der Waals surface area (Å²) in [5, 5.41) is 2.97. The van der Waals surface area contributed by atoms with E-state index in [9.17, 15) is 13.2 Å². The van der Waals surface area contributed by atoms with Crippen molar-refractivity contribution in [1.29, 1.82) is 0 Å². The van der Waals surface area contributed by atoms with Crippen molar-refractivity contribution in [3.05, 3.63) is 28.2 Å². The maximum atomic E-state index is 12.0. The van der Waals surface area contributed by atoms with E-state index in [1.165, 1.54) is 0 Å². The van der Waals surface area contributed by atoms with Crippen LogP contribution in [0.3, 0.4) is 0 Å². The molecule has 0 unspecified atom stereocenters. The van der Waals surface area contributed by atoms with Crippen molar-refractivity contribution >= 4 is 15.9 Å². The second-order valence-corrected chi connectivity index (χ2v) is 5.06. The maximum absolute atomic E-state index is 12.0. The summed E-state index contributed by atoms with van der Waals surface area (Å²) in [6, 6.07) is 5.44.